The van der Waals surface area contributed by atoms with E-state index in [1.807, 2.05) is 0 Å². The minimum absolute atomic E-state index is 0.0277. The average molecular weight is 343 g/mol. The molecule has 0 aromatic carbocycles. The zero-order chi connectivity index (χ0) is 18.3. The van der Waals surface area contributed by atoms with E-state index in [0.717, 1.165) is 0 Å². The predicted octanol–water partition coefficient (Wildman–Crippen LogP) is 1.37. The summed E-state index contributed by atoms with van der Waals surface area (Å²) in [5.41, 5.74) is -1.46. The Hall–Kier alpha value is -1.83. The highest BCUT2D eigenvalue weighted by Crippen LogP contribution is 2.29. The molecule has 0 unspecified atom stereocenters. The van der Waals surface area contributed by atoms with E-state index in [-0.39, 0.29) is 6.61 Å². The number of nitrogens with one attached hydrogen (secondary N) is 1. The van der Waals surface area contributed by atoms with Crippen LogP contribution in [0.5, 0.6) is 0 Å². The highest BCUT2D eigenvalue weighted by Gasteiger charge is 2.52. The number of hydrogen-bond donors (Lipinski definition) is 1. The summed E-state index contributed by atoms with van der Waals surface area (Å²) < 4.78 is 21.4. The molecule has 1 N–H and O–H groups in total. The summed E-state index contributed by atoms with van der Waals surface area (Å²) in [7, 11) is 0. The van der Waals surface area contributed by atoms with Crippen molar-refractivity contribution in [1.82, 2.24) is 5.32 Å². The van der Waals surface area contributed by atoms with E-state index in [9.17, 15) is 14.4 Å². The van der Waals surface area contributed by atoms with Gasteiger partial charge in [0.1, 0.15) is 6.04 Å². The fourth-order valence-corrected chi connectivity index (χ4v) is 2.17. The molecule has 24 heavy (non-hydrogen) atoms. The molecule has 4 atom stereocenters. The van der Waals surface area contributed by atoms with Crippen molar-refractivity contribution in [1.29, 1.82) is 0 Å². The van der Waals surface area contributed by atoms with Crippen LogP contribution in [0.2, 0.25) is 0 Å². The molecule has 0 bridgehead atoms. The SMILES string of the molecule is CC(C)(C)C(=O)O[C@H]1[C@@H]2NC(=O)O[C@@H]2OC[C@H]1OC(=O)C(C)(C)C. The molecule has 2 heterocycles. The van der Waals surface area contributed by atoms with Gasteiger partial charge >= 0.3 is 18.0 Å². The number of hydrogen-bond acceptors (Lipinski definition) is 7. The molecule has 0 aromatic rings. The summed E-state index contributed by atoms with van der Waals surface area (Å²) in [5, 5.41) is 2.55. The van der Waals surface area contributed by atoms with Gasteiger partial charge in [0, 0.05) is 0 Å². The topological polar surface area (TPSA) is 100 Å². The minimum Gasteiger partial charge on any atom is -0.455 e. The van der Waals surface area contributed by atoms with Crippen LogP contribution in [0.3, 0.4) is 0 Å². The van der Waals surface area contributed by atoms with Crippen LogP contribution in [0, 0.1) is 10.8 Å². The first kappa shape index (κ1) is 18.5. The Labute approximate surface area is 141 Å². The number of ether oxygens (including phenoxy) is 4. The van der Waals surface area contributed by atoms with E-state index in [2.05, 4.69) is 5.32 Å². The normalized spacial score (nSPS) is 30.0. The Morgan fingerprint density at radius 3 is 2.12 bits per heavy atom. The van der Waals surface area contributed by atoms with Crippen molar-refractivity contribution < 1.29 is 33.3 Å². The van der Waals surface area contributed by atoms with Crippen LogP contribution in [0.25, 0.3) is 0 Å². The maximum Gasteiger partial charge on any atom is 0.410 e. The van der Waals surface area contributed by atoms with Gasteiger partial charge < -0.3 is 24.3 Å². The predicted molar refractivity (Wildman–Crippen MR) is 81.8 cm³/mol. The Balaban J connectivity index is 2.19. The summed E-state index contributed by atoms with van der Waals surface area (Å²) >= 11 is 0. The molecule has 2 aliphatic rings. The molecule has 136 valence electrons. The molecule has 0 saturated carbocycles. The molecule has 0 radical (unpaired) electrons. The third-order valence-corrected chi connectivity index (χ3v) is 3.67. The lowest BCUT2D eigenvalue weighted by Gasteiger charge is -2.38. The first-order chi connectivity index (χ1) is 10.9. The quantitative estimate of drug-likeness (QED) is 0.597. The Kier molecular flexibility index (Phi) is 4.81. The third kappa shape index (κ3) is 3.98. The summed E-state index contributed by atoms with van der Waals surface area (Å²) in [4.78, 5) is 35.9. The van der Waals surface area contributed by atoms with E-state index in [4.69, 9.17) is 18.9 Å². The maximum absolute atomic E-state index is 12.3. The number of rotatable bonds is 2. The van der Waals surface area contributed by atoms with Crippen molar-refractivity contribution in [3.05, 3.63) is 0 Å². The standard InChI is InChI=1S/C16H25NO7/c1-15(2,3)12(18)22-8-7-21-11-9(17-14(20)24-11)10(8)23-13(19)16(4,5)6/h8-11H,7H2,1-6H3,(H,17,20)/t8-,9+,10-,11+/m1/s1. The molecule has 0 aliphatic carbocycles. The highest BCUT2D eigenvalue weighted by molar-refractivity contribution is 5.77. The number of esters is 2. The fraction of sp³-hybridized carbons (Fsp3) is 0.812. The van der Waals surface area contributed by atoms with Crippen LogP contribution < -0.4 is 5.32 Å². The van der Waals surface area contributed by atoms with Crippen molar-refractivity contribution >= 4 is 18.0 Å². The largest absolute Gasteiger partial charge is 0.455 e. The Morgan fingerprint density at radius 1 is 1.04 bits per heavy atom. The van der Waals surface area contributed by atoms with Crippen molar-refractivity contribution in [2.45, 2.75) is 66.1 Å². The summed E-state index contributed by atoms with van der Waals surface area (Å²) in [6.45, 7) is 10.3. The molecular formula is C16H25NO7. The third-order valence-electron chi connectivity index (χ3n) is 3.67. The van der Waals surface area contributed by atoms with E-state index >= 15 is 0 Å². The van der Waals surface area contributed by atoms with Crippen LogP contribution in [-0.2, 0) is 28.5 Å². The zero-order valence-electron chi connectivity index (χ0n) is 14.9. The van der Waals surface area contributed by atoms with Gasteiger partial charge in [-0.1, -0.05) is 0 Å². The van der Waals surface area contributed by atoms with E-state index in [1.165, 1.54) is 0 Å². The van der Waals surface area contributed by atoms with Gasteiger partial charge in [0.05, 0.1) is 17.4 Å². The number of carbonyl (C=O) groups excluding carboxylic acids is 3. The molecule has 0 aromatic heterocycles. The second-order valence-electron chi connectivity index (χ2n) is 8.09. The second-order valence-corrected chi connectivity index (χ2v) is 8.09. The van der Waals surface area contributed by atoms with Crippen LogP contribution in [-0.4, -0.2) is 49.2 Å². The smallest absolute Gasteiger partial charge is 0.410 e. The maximum atomic E-state index is 12.3. The van der Waals surface area contributed by atoms with Gasteiger partial charge in [-0.2, -0.15) is 0 Å². The highest BCUT2D eigenvalue weighted by atomic mass is 16.7. The van der Waals surface area contributed by atoms with Gasteiger partial charge in [-0.05, 0) is 41.5 Å². The van der Waals surface area contributed by atoms with Crippen molar-refractivity contribution in [2.24, 2.45) is 10.8 Å². The van der Waals surface area contributed by atoms with E-state index in [0.29, 0.717) is 0 Å². The van der Waals surface area contributed by atoms with Crippen LogP contribution >= 0.6 is 0 Å². The molecular weight excluding hydrogens is 318 g/mol. The fourth-order valence-electron chi connectivity index (χ4n) is 2.17. The molecule has 1 amide bonds. The lowest BCUT2D eigenvalue weighted by Crippen LogP contribution is -2.59. The molecule has 2 rings (SSSR count). The van der Waals surface area contributed by atoms with Crippen LogP contribution in [0.15, 0.2) is 0 Å². The minimum atomic E-state index is -0.881. The average Bonchev–Trinajstić information content (AvgIpc) is 2.79. The number of fused-ring (bicyclic) bond motifs is 1. The first-order valence-corrected chi connectivity index (χ1v) is 7.90. The van der Waals surface area contributed by atoms with Gasteiger partial charge in [-0.25, -0.2) is 4.79 Å². The summed E-state index contributed by atoms with van der Waals surface area (Å²) in [6, 6.07) is -0.727. The number of carbonyl (C=O) groups is 3. The van der Waals surface area contributed by atoms with E-state index in [1.54, 1.807) is 41.5 Å². The lowest BCUT2D eigenvalue weighted by atomic mass is 9.95. The van der Waals surface area contributed by atoms with Crippen LogP contribution in [0.4, 0.5) is 4.79 Å². The Bertz CT molecular complexity index is 532. The van der Waals surface area contributed by atoms with Crippen molar-refractivity contribution in [3.63, 3.8) is 0 Å². The van der Waals surface area contributed by atoms with Gasteiger partial charge in [-0.15, -0.1) is 0 Å². The van der Waals surface area contributed by atoms with E-state index < -0.39 is 53.4 Å². The molecule has 0 spiro atoms. The molecule has 8 heteroatoms. The van der Waals surface area contributed by atoms with Gasteiger partial charge in [0.15, 0.2) is 12.2 Å². The van der Waals surface area contributed by atoms with Crippen LogP contribution in [0.1, 0.15) is 41.5 Å². The van der Waals surface area contributed by atoms with Crippen molar-refractivity contribution in [3.8, 4) is 0 Å². The van der Waals surface area contributed by atoms with Gasteiger partial charge in [0.25, 0.3) is 0 Å². The molecule has 8 nitrogen and oxygen atoms in total. The number of alkyl carbamates (subject to hydrolysis) is 1. The zero-order valence-corrected chi connectivity index (χ0v) is 14.9. The number of amides is 1. The monoisotopic (exact) mass is 343 g/mol. The second kappa shape index (κ2) is 6.23. The molecule has 2 saturated heterocycles. The Morgan fingerprint density at radius 2 is 1.58 bits per heavy atom. The lowest BCUT2D eigenvalue weighted by molar-refractivity contribution is -0.221. The van der Waals surface area contributed by atoms with Crippen molar-refractivity contribution in [2.75, 3.05) is 6.61 Å². The molecule has 2 fully saturated rings. The summed E-state index contributed by atoms with van der Waals surface area (Å²) in [5.74, 6) is -0.914. The van der Waals surface area contributed by atoms with Gasteiger partial charge in [-0.3, -0.25) is 9.59 Å². The molecule has 2 aliphatic heterocycles. The first-order valence-electron chi connectivity index (χ1n) is 7.90. The summed E-state index contributed by atoms with van der Waals surface area (Å²) in [6.07, 6.45) is -3.25. The van der Waals surface area contributed by atoms with Gasteiger partial charge in [0.2, 0.25) is 6.29 Å².